The van der Waals surface area contributed by atoms with Crippen molar-refractivity contribution in [2.24, 2.45) is 5.92 Å². The Kier molecular flexibility index (Phi) is 3.94. The van der Waals surface area contributed by atoms with Crippen LogP contribution in [0, 0.1) is 12.8 Å². The Labute approximate surface area is 139 Å². The van der Waals surface area contributed by atoms with Gasteiger partial charge in [-0.15, -0.1) is 0 Å². The maximum atomic E-state index is 12.8. The first-order valence-corrected chi connectivity index (χ1v) is 9.03. The van der Waals surface area contributed by atoms with Crippen molar-refractivity contribution in [2.75, 3.05) is 0 Å². The van der Waals surface area contributed by atoms with Crippen LogP contribution in [-0.2, 0) is 14.6 Å². The van der Waals surface area contributed by atoms with Gasteiger partial charge < -0.3 is 5.11 Å². The first-order valence-electron chi connectivity index (χ1n) is 7.11. The molecule has 120 valence electrons. The van der Waals surface area contributed by atoms with Gasteiger partial charge in [-0.2, -0.15) is 0 Å². The molecule has 3 unspecified atom stereocenters. The maximum absolute atomic E-state index is 12.8. The van der Waals surface area contributed by atoms with Gasteiger partial charge in [0.2, 0.25) is 0 Å². The van der Waals surface area contributed by atoms with Gasteiger partial charge >= 0.3 is 5.97 Å². The lowest BCUT2D eigenvalue weighted by Crippen LogP contribution is -2.13. The summed E-state index contributed by atoms with van der Waals surface area (Å²) in [6, 6.07) is 13.1. The Balaban J connectivity index is 1.98. The maximum Gasteiger partial charge on any atom is 0.308 e. The standard InChI is InChI=1S/C17H15ClO4S/c1-10-2-8-13(9-3-10)23(21,22)16-14(15(16)17(19)20)11-4-6-12(18)7-5-11/h2-9,14-16H,1H3,(H,19,20). The van der Waals surface area contributed by atoms with Crippen LogP contribution >= 0.6 is 11.6 Å². The van der Waals surface area contributed by atoms with Crippen LogP contribution in [0.1, 0.15) is 17.0 Å². The fraction of sp³-hybridized carbons (Fsp3) is 0.235. The second-order valence-corrected chi connectivity index (χ2v) is 8.31. The molecule has 2 aromatic carbocycles. The van der Waals surface area contributed by atoms with Gasteiger partial charge in [-0.3, -0.25) is 4.79 Å². The first kappa shape index (κ1) is 16.0. The van der Waals surface area contributed by atoms with Crippen LogP contribution in [0.3, 0.4) is 0 Å². The average molecular weight is 351 g/mol. The molecule has 2 aromatic rings. The van der Waals surface area contributed by atoms with Crippen molar-refractivity contribution in [3.8, 4) is 0 Å². The van der Waals surface area contributed by atoms with Gasteiger partial charge in [-0.1, -0.05) is 41.4 Å². The van der Waals surface area contributed by atoms with Gasteiger partial charge in [0.25, 0.3) is 0 Å². The number of aryl methyl sites for hydroxylation is 1. The van der Waals surface area contributed by atoms with E-state index >= 15 is 0 Å². The fourth-order valence-electron chi connectivity index (χ4n) is 2.93. The Morgan fingerprint density at radius 2 is 1.61 bits per heavy atom. The SMILES string of the molecule is Cc1ccc(S(=O)(=O)C2C(C(=O)O)C2c2ccc(Cl)cc2)cc1. The van der Waals surface area contributed by atoms with Crippen molar-refractivity contribution in [1.29, 1.82) is 0 Å². The van der Waals surface area contributed by atoms with Gasteiger partial charge in [-0.25, -0.2) is 8.42 Å². The Morgan fingerprint density at radius 3 is 2.13 bits per heavy atom. The normalized spacial score (nSPS) is 23.5. The molecular formula is C17H15ClO4S. The van der Waals surface area contributed by atoms with Crippen LogP contribution in [0.25, 0.3) is 0 Å². The molecule has 1 aliphatic carbocycles. The summed E-state index contributed by atoms with van der Waals surface area (Å²) in [6.07, 6.45) is 0. The minimum atomic E-state index is -3.70. The van der Waals surface area contributed by atoms with Gasteiger partial charge in [0.15, 0.2) is 9.84 Å². The largest absolute Gasteiger partial charge is 0.481 e. The zero-order valence-corrected chi connectivity index (χ0v) is 13.9. The molecule has 0 bridgehead atoms. The predicted molar refractivity (Wildman–Crippen MR) is 87.5 cm³/mol. The summed E-state index contributed by atoms with van der Waals surface area (Å²) in [5.41, 5.74) is 1.63. The van der Waals surface area contributed by atoms with Gasteiger partial charge in [0.05, 0.1) is 16.1 Å². The molecule has 4 nitrogen and oxygen atoms in total. The molecule has 1 saturated carbocycles. The third-order valence-corrected chi connectivity index (χ3v) is 6.69. The number of benzene rings is 2. The van der Waals surface area contributed by atoms with Crippen LogP contribution in [-0.4, -0.2) is 24.7 Å². The molecule has 23 heavy (non-hydrogen) atoms. The molecule has 0 amide bonds. The molecule has 3 rings (SSSR count). The fourth-order valence-corrected chi connectivity index (χ4v) is 5.18. The molecule has 0 saturated heterocycles. The molecule has 0 spiro atoms. The van der Waals surface area contributed by atoms with E-state index in [0.29, 0.717) is 10.6 Å². The summed E-state index contributed by atoms with van der Waals surface area (Å²) in [5, 5.41) is 8.96. The summed E-state index contributed by atoms with van der Waals surface area (Å²) in [6.45, 7) is 1.87. The average Bonchev–Trinajstić information content (AvgIpc) is 3.25. The second-order valence-electron chi connectivity index (χ2n) is 5.76. The highest BCUT2D eigenvalue weighted by Gasteiger charge is 2.63. The smallest absolute Gasteiger partial charge is 0.308 e. The number of sulfone groups is 1. The van der Waals surface area contributed by atoms with E-state index in [-0.39, 0.29) is 4.90 Å². The molecule has 1 fully saturated rings. The Morgan fingerprint density at radius 1 is 1.04 bits per heavy atom. The third-order valence-electron chi connectivity index (χ3n) is 4.20. The number of rotatable bonds is 4. The van der Waals surface area contributed by atoms with Gasteiger partial charge in [-0.05, 0) is 36.8 Å². The minimum absolute atomic E-state index is 0.163. The number of hydrogen-bond donors (Lipinski definition) is 1. The predicted octanol–water partition coefficient (Wildman–Crippen LogP) is 3.29. The number of hydrogen-bond acceptors (Lipinski definition) is 3. The van der Waals surface area contributed by atoms with Gasteiger partial charge in [0.1, 0.15) is 0 Å². The summed E-state index contributed by atoms with van der Waals surface area (Å²) in [7, 11) is -3.70. The van der Waals surface area contributed by atoms with E-state index in [9.17, 15) is 18.3 Å². The number of aliphatic carboxylic acids is 1. The number of carbonyl (C=O) groups is 1. The van der Waals surface area contributed by atoms with E-state index in [4.69, 9.17) is 11.6 Å². The Bertz CT molecular complexity index is 841. The van der Waals surface area contributed by atoms with E-state index in [1.807, 2.05) is 6.92 Å². The molecule has 1 aliphatic rings. The van der Waals surface area contributed by atoms with Crippen molar-refractivity contribution >= 4 is 27.4 Å². The van der Waals surface area contributed by atoms with E-state index in [1.165, 1.54) is 12.1 Å². The summed E-state index contributed by atoms with van der Waals surface area (Å²) < 4.78 is 25.6. The zero-order chi connectivity index (χ0) is 16.8. The van der Waals surface area contributed by atoms with E-state index in [0.717, 1.165) is 5.56 Å². The molecule has 6 heteroatoms. The van der Waals surface area contributed by atoms with Crippen molar-refractivity contribution in [2.45, 2.75) is 23.0 Å². The number of carboxylic acids is 1. The third kappa shape index (κ3) is 2.86. The lowest BCUT2D eigenvalue weighted by molar-refractivity contribution is -0.138. The molecule has 1 N–H and O–H groups in total. The van der Waals surface area contributed by atoms with Crippen LogP contribution < -0.4 is 0 Å². The number of halogens is 1. The monoisotopic (exact) mass is 350 g/mol. The van der Waals surface area contributed by atoms with Crippen LogP contribution in [0.2, 0.25) is 5.02 Å². The number of carboxylic acid groups (broad SMARTS) is 1. The summed E-state index contributed by atoms with van der Waals surface area (Å²) in [4.78, 5) is 11.6. The molecule has 0 aliphatic heterocycles. The highest BCUT2D eigenvalue weighted by Crippen LogP contribution is 2.54. The quantitative estimate of drug-likeness (QED) is 0.918. The molecular weight excluding hydrogens is 336 g/mol. The second kappa shape index (κ2) is 5.65. The van der Waals surface area contributed by atoms with Gasteiger partial charge in [0, 0.05) is 10.9 Å². The highest BCUT2D eigenvalue weighted by atomic mass is 35.5. The molecule has 0 aromatic heterocycles. The van der Waals surface area contributed by atoms with Crippen LogP contribution in [0.4, 0.5) is 0 Å². The Hall–Kier alpha value is -1.85. The van der Waals surface area contributed by atoms with E-state index < -0.39 is 32.9 Å². The minimum Gasteiger partial charge on any atom is -0.481 e. The van der Waals surface area contributed by atoms with Crippen LogP contribution in [0.15, 0.2) is 53.4 Å². The molecule has 3 atom stereocenters. The summed E-state index contributed by atoms with van der Waals surface area (Å²) in [5.74, 6) is -2.57. The first-order chi connectivity index (χ1) is 10.8. The highest BCUT2D eigenvalue weighted by molar-refractivity contribution is 7.92. The molecule has 0 radical (unpaired) electrons. The summed E-state index contributed by atoms with van der Waals surface area (Å²) >= 11 is 5.84. The topological polar surface area (TPSA) is 71.4 Å². The van der Waals surface area contributed by atoms with E-state index in [1.54, 1.807) is 36.4 Å². The van der Waals surface area contributed by atoms with Crippen molar-refractivity contribution in [3.63, 3.8) is 0 Å². The van der Waals surface area contributed by atoms with E-state index in [2.05, 4.69) is 0 Å². The zero-order valence-electron chi connectivity index (χ0n) is 12.3. The molecule has 0 heterocycles. The van der Waals surface area contributed by atoms with Crippen LogP contribution in [0.5, 0.6) is 0 Å². The lowest BCUT2D eigenvalue weighted by Gasteiger charge is -2.05. The van der Waals surface area contributed by atoms with Crippen molar-refractivity contribution < 1.29 is 18.3 Å². The lowest BCUT2D eigenvalue weighted by atomic mass is 10.1. The van der Waals surface area contributed by atoms with Crippen molar-refractivity contribution in [3.05, 3.63) is 64.7 Å². The van der Waals surface area contributed by atoms with Crippen molar-refractivity contribution in [1.82, 2.24) is 0 Å².